The first kappa shape index (κ1) is 11.4. The van der Waals surface area contributed by atoms with Crippen LogP contribution in [0.1, 0.15) is 19.8 Å². The minimum atomic E-state index is -0.900. The molecule has 4 N–H and O–H groups in total. The second-order valence-corrected chi connectivity index (χ2v) is 3.76. The van der Waals surface area contributed by atoms with Crippen LogP contribution in [0.25, 0.3) is 0 Å². The van der Waals surface area contributed by atoms with E-state index in [-0.39, 0.29) is 19.1 Å². The zero-order valence-electron chi connectivity index (χ0n) is 8.45. The van der Waals surface area contributed by atoms with E-state index in [1.54, 1.807) is 0 Å². The summed E-state index contributed by atoms with van der Waals surface area (Å²) in [7, 11) is 0. The van der Waals surface area contributed by atoms with Gasteiger partial charge < -0.3 is 20.9 Å². The van der Waals surface area contributed by atoms with Gasteiger partial charge in [-0.05, 0) is 6.42 Å². The minimum Gasteiger partial charge on any atom is -0.386 e. The van der Waals surface area contributed by atoms with Crippen molar-refractivity contribution in [1.82, 2.24) is 5.32 Å². The third kappa shape index (κ3) is 2.94. The molecule has 1 saturated heterocycles. The fourth-order valence-electron chi connectivity index (χ4n) is 1.30. The van der Waals surface area contributed by atoms with Crippen molar-refractivity contribution in [2.24, 2.45) is 5.73 Å². The quantitative estimate of drug-likeness (QED) is 0.545. The van der Waals surface area contributed by atoms with Crippen LogP contribution in [-0.4, -0.2) is 42.4 Å². The van der Waals surface area contributed by atoms with Gasteiger partial charge in [-0.15, -0.1) is 0 Å². The first-order valence-electron chi connectivity index (χ1n) is 4.91. The highest BCUT2D eigenvalue weighted by Crippen LogP contribution is 2.16. The molecule has 1 aliphatic rings. The Kier molecular flexibility index (Phi) is 3.86. The van der Waals surface area contributed by atoms with E-state index in [0.717, 1.165) is 0 Å². The lowest BCUT2D eigenvalue weighted by Gasteiger charge is -2.21. The number of nitrogens with two attached hydrogens (primary N) is 1. The van der Waals surface area contributed by atoms with E-state index < -0.39 is 11.6 Å². The van der Waals surface area contributed by atoms with Crippen molar-refractivity contribution in [1.29, 1.82) is 0 Å². The van der Waals surface area contributed by atoms with Gasteiger partial charge in [0.2, 0.25) is 5.91 Å². The van der Waals surface area contributed by atoms with E-state index in [1.165, 1.54) is 0 Å². The molecule has 0 saturated carbocycles. The van der Waals surface area contributed by atoms with Gasteiger partial charge in [0.05, 0.1) is 12.6 Å². The van der Waals surface area contributed by atoms with E-state index >= 15 is 0 Å². The third-order valence-electron chi connectivity index (χ3n) is 2.45. The van der Waals surface area contributed by atoms with Crippen molar-refractivity contribution < 1.29 is 14.6 Å². The molecule has 1 heterocycles. The van der Waals surface area contributed by atoms with Crippen molar-refractivity contribution in [3.63, 3.8) is 0 Å². The largest absolute Gasteiger partial charge is 0.386 e. The normalized spacial score (nSPS) is 28.8. The summed E-state index contributed by atoms with van der Waals surface area (Å²) < 4.78 is 5.05. The standard InChI is InChI=1S/C9H18N2O3/c1-2-7(10)8(12)11-5-9(13)3-4-14-6-9/h7,13H,2-6,10H2,1H3,(H,11,12). The van der Waals surface area contributed by atoms with Crippen molar-refractivity contribution in [3.05, 3.63) is 0 Å². The Morgan fingerprint density at radius 2 is 2.50 bits per heavy atom. The molecule has 5 nitrogen and oxygen atoms in total. The molecule has 2 unspecified atom stereocenters. The van der Waals surface area contributed by atoms with Crippen LogP contribution in [0, 0.1) is 0 Å². The van der Waals surface area contributed by atoms with Crippen LogP contribution in [0.5, 0.6) is 0 Å². The molecular formula is C9H18N2O3. The van der Waals surface area contributed by atoms with Gasteiger partial charge in [0.15, 0.2) is 0 Å². The smallest absolute Gasteiger partial charge is 0.237 e. The maximum Gasteiger partial charge on any atom is 0.237 e. The average molecular weight is 202 g/mol. The van der Waals surface area contributed by atoms with Gasteiger partial charge in [0, 0.05) is 19.6 Å². The van der Waals surface area contributed by atoms with Crippen molar-refractivity contribution in [2.45, 2.75) is 31.4 Å². The summed E-state index contributed by atoms with van der Waals surface area (Å²) >= 11 is 0. The number of carbonyl (C=O) groups excluding carboxylic acids is 1. The molecule has 82 valence electrons. The number of hydrogen-bond donors (Lipinski definition) is 3. The molecule has 0 aromatic rings. The van der Waals surface area contributed by atoms with Crippen LogP contribution < -0.4 is 11.1 Å². The number of amides is 1. The Balaban J connectivity index is 2.29. The van der Waals surface area contributed by atoms with Gasteiger partial charge in [-0.1, -0.05) is 6.92 Å². The second-order valence-electron chi connectivity index (χ2n) is 3.76. The highest BCUT2D eigenvalue weighted by atomic mass is 16.5. The van der Waals surface area contributed by atoms with E-state index in [9.17, 15) is 9.90 Å². The van der Waals surface area contributed by atoms with E-state index in [4.69, 9.17) is 10.5 Å². The minimum absolute atomic E-state index is 0.215. The van der Waals surface area contributed by atoms with Gasteiger partial charge in [0.1, 0.15) is 5.60 Å². The number of nitrogens with one attached hydrogen (secondary N) is 1. The maximum absolute atomic E-state index is 11.3. The van der Waals surface area contributed by atoms with Gasteiger partial charge in [-0.3, -0.25) is 4.79 Å². The number of aliphatic hydroxyl groups is 1. The summed E-state index contributed by atoms with van der Waals surface area (Å²) in [6.07, 6.45) is 1.16. The Bertz CT molecular complexity index is 202. The van der Waals surface area contributed by atoms with Crippen LogP contribution in [0.3, 0.4) is 0 Å². The fraction of sp³-hybridized carbons (Fsp3) is 0.889. The lowest BCUT2D eigenvalue weighted by Crippen LogP contribution is -2.48. The van der Waals surface area contributed by atoms with Crippen LogP contribution in [0.4, 0.5) is 0 Å². The first-order chi connectivity index (χ1) is 6.57. The molecule has 0 aromatic heterocycles. The van der Waals surface area contributed by atoms with Crippen LogP contribution >= 0.6 is 0 Å². The molecule has 0 aromatic carbocycles. The topological polar surface area (TPSA) is 84.6 Å². The Morgan fingerprint density at radius 1 is 1.79 bits per heavy atom. The Labute approximate surface area is 83.6 Å². The van der Waals surface area contributed by atoms with Crippen LogP contribution in [-0.2, 0) is 9.53 Å². The number of carbonyl (C=O) groups is 1. The van der Waals surface area contributed by atoms with Crippen molar-refractivity contribution in [2.75, 3.05) is 19.8 Å². The van der Waals surface area contributed by atoms with Gasteiger partial charge in [-0.25, -0.2) is 0 Å². The van der Waals surface area contributed by atoms with Crippen LogP contribution in [0.15, 0.2) is 0 Å². The maximum atomic E-state index is 11.3. The molecule has 0 radical (unpaired) electrons. The predicted molar refractivity (Wildman–Crippen MR) is 51.7 cm³/mol. The molecule has 1 amide bonds. The predicted octanol–water partition coefficient (Wildman–Crippen LogP) is -1.01. The van der Waals surface area contributed by atoms with Gasteiger partial charge in [-0.2, -0.15) is 0 Å². The molecule has 5 heteroatoms. The van der Waals surface area contributed by atoms with Crippen molar-refractivity contribution >= 4 is 5.91 Å². The Hall–Kier alpha value is -0.650. The summed E-state index contributed by atoms with van der Waals surface area (Å²) in [4.78, 5) is 11.3. The molecule has 1 rings (SSSR count). The molecule has 0 spiro atoms. The highest BCUT2D eigenvalue weighted by Gasteiger charge is 2.32. The number of rotatable bonds is 4. The van der Waals surface area contributed by atoms with Gasteiger partial charge >= 0.3 is 0 Å². The number of hydrogen-bond acceptors (Lipinski definition) is 4. The number of ether oxygens (including phenoxy) is 1. The molecule has 14 heavy (non-hydrogen) atoms. The fourth-order valence-corrected chi connectivity index (χ4v) is 1.30. The van der Waals surface area contributed by atoms with Crippen LogP contribution in [0.2, 0.25) is 0 Å². The molecule has 1 fully saturated rings. The second kappa shape index (κ2) is 4.72. The third-order valence-corrected chi connectivity index (χ3v) is 2.45. The van der Waals surface area contributed by atoms with E-state index in [0.29, 0.717) is 19.4 Å². The first-order valence-corrected chi connectivity index (χ1v) is 4.91. The summed E-state index contributed by atoms with van der Waals surface area (Å²) in [6, 6.07) is -0.485. The molecule has 1 aliphatic heterocycles. The Morgan fingerprint density at radius 3 is 3.00 bits per heavy atom. The highest BCUT2D eigenvalue weighted by molar-refractivity contribution is 5.81. The van der Waals surface area contributed by atoms with E-state index in [1.807, 2.05) is 6.92 Å². The van der Waals surface area contributed by atoms with Crippen molar-refractivity contribution in [3.8, 4) is 0 Å². The van der Waals surface area contributed by atoms with E-state index in [2.05, 4.69) is 5.32 Å². The molecule has 2 atom stereocenters. The summed E-state index contributed by atoms with van der Waals surface area (Å²) in [5, 5.41) is 12.4. The van der Waals surface area contributed by atoms with Gasteiger partial charge in [0.25, 0.3) is 0 Å². The summed E-state index contributed by atoms with van der Waals surface area (Å²) in [6.45, 7) is 2.90. The summed E-state index contributed by atoms with van der Waals surface area (Å²) in [5.41, 5.74) is 4.62. The summed E-state index contributed by atoms with van der Waals surface area (Å²) in [5.74, 6) is -0.215. The molecule has 0 aliphatic carbocycles. The zero-order chi connectivity index (χ0) is 10.6. The average Bonchev–Trinajstić information content (AvgIpc) is 2.61. The monoisotopic (exact) mass is 202 g/mol. The lowest BCUT2D eigenvalue weighted by atomic mass is 10.0. The molecule has 0 bridgehead atoms. The lowest BCUT2D eigenvalue weighted by molar-refractivity contribution is -0.123. The zero-order valence-corrected chi connectivity index (χ0v) is 8.45. The molecular weight excluding hydrogens is 184 g/mol. The SMILES string of the molecule is CCC(N)C(=O)NCC1(O)CCOC1.